The van der Waals surface area contributed by atoms with E-state index in [4.69, 9.17) is 4.74 Å². The topological polar surface area (TPSA) is 137 Å². The number of carbonyl (C=O) groups excluding carboxylic acids is 5. The lowest BCUT2D eigenvalue weighted by Crippen LogP contribution is -2.90. The van der Waals surface area contributed by atoms with Crippen molar-refractivity contribution in [3.63, 3.8) is 0 Å². The number of rotatable bonds is 4. The Morgan fingerprint density at radius 1 is 0.971 bits per heavy atom. The molecule has 3 N–H and O–H groups in total. The van der Waals surface area contributed by atoms with Crippen molar-refractivity contribution >= 4 is 35.9 Å². The van der Waals surface area contributed by atoms with Crippen molar-refractivity contribution in [3.8, 4) is 5.75 Å². The van der Waals surface area contributed by atoms with Gasteiger partial charge in [-0.2, -0.15) is 0 Å². The molecular weight excluding hydrogens is 442 g/mol. The molecule has 7 amide bonds. The van der Waals surface area contributed by atoms with E-state index in [0.29, 0.717) is 5.75 Å². The lowest BCUT2D eigenvalue weighted by atomic mass is 9.42. The molecule has 3 aliphatic heterocycles. The van der Waals surface area contributed by atoms with Gasteiger partial charge in [0, 0.05) is 19.2 Å². The molecule has 0 spiro atoms. The lowest BCUT2D eigenvalue weighted by Gasteiger charge is -2.70. The zero-order chi connectivity index (χ0) is 24.4. The number of amides is 7. The summed E-state index contributed by atoms with van der Waals surface area (Å²) in [5.41, 5.74) is -1.62. The Balaban J connectivity index is 1.40. The molecule has 178 valence electrons. The van der Waals surface area contributed by atoms with Crippen molar-refractivity contribution in [3.05, 3.63) is 35.9 Å². The monoisotopic (exact) mass is 467 g/mol. The molecule has 0 aromatic heterocycles. The van der Waals surface area contributed by atoms with E-state index < -0.39 is 58.7 Å². The molecule has 11 heteroatoms. The second-order valence-electron chi connectivity index (χ2n) is 9.43. The first kappa shape index (κ1) is 21.9. The maximum absolute atomic E-state index is 12.9. The fourth-order valence-electron chi connectivity index (χ4n) is 5.86. The first-order valence-electron chi connectivity index (χ1n) is 11.0. The Hall–Kier alpha value is -3.89. The Morgan fingerprint density at radius 3 is 1.94 bits per heavy atom. The second kappa shape index (κ2) is 7.31. The normalized spacial score (nSPS) is 34.0. The van der Waals surface area contributed by atoms with E-state index in [0.717, 1.165) is 5.56 Å². The van der Waals surface area contributed by atoms with Crippen LogP contribution in [0.3, 0.4) is 0 Å². The zero-order valence-corrected chi connectivity index (χ0v) is 19.0. The number of hydrogen-bond acceptors (Lipinski definition) is 6. The largest absolute Gasteiger partial charge is 0.497 e. The van der Waals surface area contributed by atoms with Gasteiger partial charge in [0.25, 0.3) is 0 Å². The highest BCUT2D eigenvalue weighted by molar-refractivity contribution is 6.11. The summed E-state index contributed by atoms with van der Waals surface area (Å²) in [6.45, 7) is 3.47. The van der Waals surface area contributed by atoms with Crippen molar-refractivity contribution in [2.45, 2.75) is 32.0 Å². The minimum absolute atomic E-state index is 0.0893. The molecule has 0 bridgehead atoms. The number of hydrogen-bond donors (Lipinski definition) is 3. The number of ether oxygens (including phenoxy) is 1. The van der Waals surface area contributed by atoms with E-state index >= 15 is 0 Å². The summed E-state index contributed by atoms with van der Waals surface area (Å²) in [5.74, 6) is -0.772. The summed E-state index contributed by atoms with van der Waals surface area (Å²) >= 11 is 0. The van der Waals surface area contributed by atoms with Crippen molar-refractivity contribution in [1.29, 1.82) is 0 Å². The molecule has 4 aliphatic rings. The van der Waals surface area contributed by atoms with E-state index in [2.05, 4.69) is 16.0 Å². The summed E-state index contributed by atoms with van der Waals surface area (Å²) in [6, 6.07) is 4.04. The third-order valence-electron chi connectivity index (χ3n) is 7.86. The Labute approximate surface area is 195 Å². The highest BCUT2D eigenvalue weighted by atomic mass is 16.5. The Bertz CT molecular complexity index is 1100. The fraction of sp³-hybridized carbons (Fsp3) is 0.435. The average Bonchev–Trinajstić information content (AvgIpc) is 2.98. The van der Waals surface area contributed by atoms with Crippen LogP contribution in [-0.4, -0.2) is 77.9 Å². The number of methoxy groups -OCH3 is 1. The van der Waals surface area contributed by atoms with Crippen LogP contribution in [0.4, 0.5) is 9.59 Å². The number of benzene rings is 1. The molecular formula is C23H25N5O6. The molecule has 1 aromatic rings. The van der Waals surface area contributed by atoms with Gasteiger partial charge in [-0.25, -0.2) is 9.59 Å². The Kier molecular flexibility index (Phi) is 4.71. The molecule has 34 heavy (non-hydrogen) atoms. The van der Waals surface area contributed by atoms with E-state index in [-0.39, 0.29) is 13.1 Å². The standard InChI is InChI=1S/C23H25N5O6/c1-22-16-17-23(22,2)19(31)26-21(33)28(17)11-13(10-27(16)20(32)25-18(22)30)24-15(29)9-6-12-4-7-14(34-3)8-5-12/h4-9,13,16-17H,10-11H2,1-3H3,(H,24,29)(H,25,30,32)(H,26,31,33). The molecule has 1 aromatic carbocycles. The molecule has 4 fully saturated rings. The first-order chi connectivity index (χ1) is 16.1. The van der Waals surface area contributed by atoms with Crippen LogP contribution in [0.15, 0.2) is 30.3 Å². The molecule has 1 aliphatic carbocycles. The van der Waals surface area contributed by atoms with Gasteiger partial charge in [0.15, 0.2) is 0 Å². The SMILES string of the molecule is COc1ccc(C=CC(=O)NC2CN3C(=O)NC(=O)C4(C)C3C3N(C2)C(=O)NC(=O)C34C)cc1. The van der Waals surface area contributed by atoms with Crippen LogP contribution in [0.25, 0.3) is 6.08 Å². The maximum Gasteiger partial charge on any atom is 0.324 e. The predicted molar refractivity (Wildman–Crippen MR) is 118 cm³/mol. The zero-order valence-electron chi connectivity index (χ0n) is 19.0. The minimum Gasteiger partial charge on any atom is -0.497 e. The van der Waals surface area contributed by atoms with Crippen molar-refractivity contribution in [2.75, 3.05) is 20.2 Å². The molecule has 4 atom stereocenters. The molecule has 3 heterocycles. The molecule has 0 radical (unpaired) electrons. The van der Waals surface area contributed by atoms with E-state index in [9.17, 15) is 24.0 Å². The third-order valence-corrected chi connectivity index (χ3v) is 7.86. The summed E-state index contributed by atoms with van der Waals surface area (Å²) in [5, 5.41) is 7.56. The van der Waals surface area contributed by atoms with Crippen LogP contribution >= 0.6 is 0 Å². The minimum atomic E-state index is -1.21. The highest BCUT2D eigenvalue weighted by Gasteiger charge is 2.81. The number of nitrogens with zero attached hydrogens (tertiary/aromatic N) is 2. The van der Waals surface area contributed by atoms with Crippen LogP contribution in [0.1, 0.15) is 19.4 Å². The highest BCUT2D eigenvalue weighted by Crippen LogP contribution is 2.63. The predicted octanol–water partition coefficient (Wildman–Crippen LogP) is 0.0738. The van der Waals surface area contributed by atoms with Gasteiger partial charge < -0.3 is 19.9 Å². The first-order valence-corrected chi connectivity index (χ1v) is 11.0. The van der Waals surface area contributed by atoms with E-state index in [1.54, 1.807) is 51.3 Å². The summed E-state index contributed by atoms with van der Waals surface area (Å²) in [6.07, 6.45) is 3.01. The number of imide groups is 2. The number of urea groups is 2. The van der Waals surface area contributed by atoms with Crippen molar-refractivity contribution < 1.29 is 28.7 Å². The van der Waals surface area contributed by atoms with Gasteiger partial charge in [-0.1, -0.05) is 12.1 Å². The maximum atomic E-state index is 12.9. The van der Waals surface area contributed by atoms with Gasteiger partial charge in [-0.15, -0.1) is 0 Å². The van der Waals surface area contributed by atoms with Crippen LogP contribution in [-0.2, 0) is 14.4 Å². The Morgan fingerprint density at radius 2 is 1.47 bits per heavy atom. The smallest absolute Gasteiger partial charge is 0.324 e. The fourth-order valence-corrected chi connectivity index (χ4v) is 5.86. The van der Waals surface area contributed by atoms with Crippen LogP contribution in [0, 0.1) is 10.8 Å². The molecule has 11 nitrogen and oxygen atoms in total. The van der Waals surface area contributed by atoms with Crippen LogP contribution < -0.4 is 20.7 Å². The summed E-state index contributed by atoms with van der Waals surface area (Å²) in [4.78, 5) is 66.8. The molecule has 4 unspecified atom stereocenters. The van der Waals surface area contributed by atoms with Gasteiger partial charge >= 0.3 is 12.1 Å². The van der Waals surface area contributed by atoms with Gasteiger partial charge in [-0.3, -0.25) is 25.0 Å². The summed E-state index contributed by atoms with van der Waals surface area (Å²) < 4.78 is 5.12. The van der Waals surface area contributed by atoms with Gasteiger partial charge in [0.1, 0.15) is 5.75 Å². The van der Waals surface area contributed by atoms with E-state index in [1.807, 2.05) is 0 Å². The van der Waals surface area contributed by atoms with Gasteiger partial charge in [-0.05, 0) is 37.6 Å². The van der Waals surface area contributed by atoms with Crippen LogP contribution in [0.2, 0.25) is 0 Å². The quantitative estimate of drug-likeness (QED) is 0.536. The van der Waals surface area contributed by atoms with Gasteiger partial charge in [0.2, 0.25) is 17.7 Å². The number of nitrogens with one attached hydrogen (secondary N) is 3. The number of fused-ring (bicyclic) bond motifs is 1. The average molecular weight is 467 g/mol. The third kappa shape index (κ3) is 2.79. The van der Waals surface area contributed by atoms with Crippen LogP contribution in [0.5, 0.6) is 5.75 Å². The van der Waals surface area contributed by atoms with Crippen molar-refractivity contribution in [1.82, 2.24) is 25.8 Å². The second-order valence-corrected chi connectivity index (χ2v) is 9.43. The van der Waals surface area contributed by atoms with Gasteiger partial charge in [0.05, 0.1) is 36.1 Å². The molecule has 1 saturated carbocycles. The number of carbonyl (C=O) groups is 5. The van der Waals surface area contributed by atoms with Crippen molar-refractivity contribution in [2.24, 2.45) is 10.8 Å². The summed E-state index contributed by atoms with van der Waals surface area (Å²) in [7, 11) is 1.57. The van der Waals surface area contributed by atoms with E-state index in [1.165, 1.54) is 15.9 Å². The molecule has 3 saturated heterocycles. The lowest BCUT2D eigenvalue weighted by molar-refractivity contribution is -0.209. The molecule has 5 rings (SSSR count).